The summed E-state index contributed by atoms with van der Waals surface area (Å²) in [6.45, 7) is 6.54. The Labute approximate surface area is 197 Å². The summed E-state index contributed by atoms with van der Waals surface area (Å²) in [7, 11) is 0. The topological polar surface area (TPSA) is 93.7 Å². The number of nitrogens with zero attached hydrogens (tertiary/aromatic N) is 2. The van der Waals surface area contributed by atoms with Gasteiger partial charge >= 0.3 is 0 Å². The zero-order valence-corrected chi connectivity index (χ0v) is 19.2. The number of anilines is 1. The number of amidine groups is 1. The molecule has 7 nitrogen and oxygen atoms in total. The summed E-state index contributed by atoms with van der Waals surface area (Å²) in [5, 5.41) is 7.58. The van der Waals surface area contributed by atoms with Crippen molar-refractivity contribution in [3.8, 4) is 22.6 Å². The third kappa shape index (κ3) is 4.28. The second-order valence-corrected chi connectivity index (χ2v) is 9.18. The van der Waals surface area contributed by atoms with Gasteiger partial charge in [-0.05, 0) is 61.9 Å². The van der Waals surface area contributed by atoms with Gasteiger partial charge in [-0.25, -0.2) is 4.98 Å². The Bertz CT molecular complexity index is 1250. The minimum atomic E-state index is -0.534. The number of halogens is 1. The molecule has 0 aliphatic carbocycles. The number of nitrogens with one attached hydrogen (secondary N) is 1. The molecule has 1 aromatic heterocycles. The Morgan fingerprint density at radius 2 is 1.97 bits per heavy atom. The summed E-state index contributed by atoms with van der Waals surface area (Å²) >= 11 is 0. The number of benzene rings is 2. The molecule has 0 unspecified atom stereocenters. The molecule has 0 bridgehead atoms. The van der Waals surface area contributed by atoms with Gasteiger partial charge in [0.2, 0.25) is 5.95 Å². The molecule has 176 valence electrons. The highest BCUT2D eigenvalue weighted by molar-refractivity contribution is 5.70. The fourth-order valence-corrected chi connectivity index (χ4v) is 4.66. The molecule has 1 saturated heterocycles. The predicted octanol–water partition coefficient (Wildman–Crippen LogP) is 4.65. The fraction of sp³-hybridized carbons (Fsp3) is 0.308. The van der Waals surface area contributed by atoms with Crippen LogP contribution in [0, 0.1) is 11.4 Å². The standard InChI is InChI=1S/C26H27FN4O3/c1-26(2)15-31(10-11-33-26)17-6-8-23-20(13-17)21(14-32-25(28)29)19-12-16(5-7-22(19)34-23)18-4-3-9-30-24(18)27/h3-9,12-13,21H,10-11,14-15H2,1-2H3,(H3,28,29)/t21-/m1/s1. The van der Waals surface area contributed by atoms with Gasteiger partial charge in [-0.1, -0.05) is 6.07 Å². The molecular weight excluding hydrogens is 435 g/mol. The van der Waals surface area contributed by atoms with Crippen molar-refractivity contribution in [2.45, 2.75) is 25.4 Å². The molecule has 1 fully saturated rings. The summed E-state index contributed by atoms with van der Waals surface area (Å²) in [4.78, 5) is 6.07. The molecule has 34 heavy (non-hydrogen) atoms. The second-order valence-electron chi connectivity index (χ2n) is 9.18. The number of pyridine rings is 1. The first-order valence-electron chi connectivity index (χ1n) is 11.2. The molecule has 1 atom stereocenters. The summed E-state index contributed by atoms with van der Waals surface area (Å²) in [6.07, 6.45) is 1.43. The number of rotatable bonds is 4. The van der Waals surface area contributed by atoms with Gasteiger partial charge in [-0.2, -0.15) is 4.39 Å². The molecule has 3 aromatic rings. The first-order chi connectivity index (χ1) is 16.3. The Morgan fingerprint density at radius 1 is 1.21 bits per heavy atom. The Hall–Kier alpha value is -3.65. The van der Waals surface area contributed by atoms with E-state index in [0.717, 1.165) is 35.7 Å². The van der Waals surface area contributed by atoms with Crippen LogP contribution in [0.15, 0.2) is 54.7 Å². The molecule has 8 heteroatoms. The minimum absolute atomic E-state index is 0.162. The predicted molar refractivity (Wildman–Crippen MR) is 128 cm³/mol. The first-order valence-corrected chi connectivity index (χ1v) is 11.2. The van der Waals surface area contributed by atoms with Crippen LogP contribution in [-0.2, 0) is 9.47 Å². The van der Waals surface area contributed by atoms with Gasteiger partial charge in [-0.3, -0.25) is 5.41 Å². The van der Waals surface area contributed by atoms with Gasteiger partial charge in [0, 0.05) is 41.7 Å². The summed E-state index contributed by atoms with van der Waals surface area (Å²) in [6, 6.07) is 14.7. The van der Waals surface area contributed by atoms with Gasteiger partial charge in [0.15, 0.2) is 0 Å². The number of nitrogens with two attached hydrogens (primary N) is 1. The van der Waals surface area contributed by atoms with Crippen LogP contribution < -0.4 is 15.4 Å². The first kappa shape index (κ1) is 22.2. The number of aromatic nitrogens is 1. The largest absolute Gasteiger partial charge is 0.465 e. The van der Waals surface area contributed by atoms with Crippen LogP contribution in [0.1, 0.15) is 30.9 Å². The van der Waals surface area contributed by atoms with Gasteiger partial charge in [-0.15, -0.1) is 0 Å². The fourth-order valence-electron chi connectivity index (χ4n) is 4.66. The number of ether oxygens (including phenoxy) is 3. The summed E-state index contributed by atoms with van der Waals surface area (Å²) in [5.41, 5.74) is 9.21. The van der Waals surface area contributed by atoms with Crippen LogP contribution in [0.25, 0.3) is 11.1 Å². The maximum absolute atomic E-state index is 14.4. The highest BCUT2D eigenvalue weighted by atomic mass is 19.1. The van der Waals surface area contributed by atoms with E-state index in [1.54, 1.807) is 12.1 Å². The van der Waals surface area contributed by atoms with E-state index in [9.17, 15) is 4.39 Å². The number of morpholine rings is 1. The normalized spacial score (nSPS) is 18.4. The van der Waals surface area contributed by atoms with E-state index >= 15 is 0 Å². The smallest absolute Gasteiger partial charge is 0.279 e. The summed E-state index contributed by atoms with van der Waals surface area (Å²) in [5.74, 6) is 0.601. The lowest BCUT2D eigenvalue weighted by Gasteiger charge is -2.40. The van der Waals surface area contributed by atoms with Gasteiger partial charge < -0.3 is 24.8 Å². The number of fused-ring (bicyclic) bond motifs is 2. The van der Waals surface area contributed by atoms with E-state index in [1.165, 1.54) is 6.20 Å². The Morgan fingerprint density at radius 3 is 2.71 bits per heavy atom. The number of hydrogen-bond donors (Lipinski definition) is 2. The highest BCUT2D eigenvalue weighted by Crippen LogP contribution is 2.47. The van der Waals surface area contributed by atoms with Crippen molar-refractivity contribution in [3.63, 3.8) is 0 Å². The van der Waals surface area contributed by atoms with E-state index in [4.69, 9.17) is 25.4 Å². The maximum Gasteiger partial charge on any atom is 0.279 e. The molecule has 0 saturated carbocycles. The molecule has 5 rings (SSSR count). The van der Waals surface area contributed by atoms with Crippen molar-refractivity contribution >= 4 is 11.7 Å². The van der Waals surface area contributed by atoms with E-state index in [1.807, 2.05) is 30.3 Å². The Kier molecular flexibility index (Phi) is 5.61. The zero-order valence-electron chi connectivity index (χ0n) is 19.2. The molecule has 2 aliphatic heterocycles. The third-order valence-electron chi connectivity index (χ3n) is 6.24. The second kappa shape index (κ2) is 8.61. The van der Waals surface area contributed by atoms with Crippen molar-refractivity contribution in [1.82, 2.24) is 4.98 Å². The lowest BCUT2D eigenvalue weighted by Crippen LogP contribution is -2.48. The van der Waals surface area contributed by atoms with Crippen molar-refractivity contribution < 1.29 is 18.6 Å². The van der Waals surface area contributed by atoms with Crippen molar-refractivity contribution in [2.24, 2.45) is 5.73 Å². The van der Waals surface area contributed by atoms with Crippen molar-refractivity contribution in [2.75, 3.05) is 31.2 Å². The monoisotopic (exact) mass is 462 g/mol. The maximum atomic E-state index is 14.4. The molecule has 3 N–H and O–H groups in total. The van der Waals surface area contributed by atoms with Crippen molar-refractivity contribution in [1.29, 1.82) is 5.41 Å². The van der Waals surface area contributed by atoms with E-state index in [0.29, 0.717) is 23.5 Å². The molecule has 3 heterocycles. The quantitative estimate of drug-likeness (QED) is 0.333. The third-order valence-corrected chi connectivity index (χ3v) is 6.24. The molecule has 0 spiro atoms. The van der Waals surface area contributed by atoms with Gasteiger partial charge in [0.25, 0.3) is 6.02 Å². The lowest BCUT2D eigenvalue weighted by molar-refractivity contribution is -0.0277. The van der Waals surface area contributed by atoms with Crippen LogP contribution in [0.3, 0.4) is 0 Å². The van der Waals surface area contributed by atoms with E-state index in [2.05, 4.69) is 29.8 Å². The van der Waals surface area contributed by atoms with Crippen LogP contribution in [-0.4, -0.2) is 42.9 Å². The molecular formula is C26H27FN4O3. The van der Waals surface area contributed by atoms with Crippen LogP contribution in [0.2, 0.25) is 0 Å². The molecule has 0 radical (unpaired) electrons. The van der Waals surface area contributed by atoms with Gasteiger partial charge in [0.1, 0.15) is 18.1 Å². The van der Waals surface area contributed by atoms with Gasteiger partial charge in [0.05, 0.1) is 18.1 Å². The molecule has 2 aromatic carbocycles. The summed E-state index contributed by atoms with van der Waals surface area (Å²) < 4.78 is 32.0. The molecule has 2 aliphatic rings. The van der Waals surface area contributed by atoms with E-state index in [-0.39, 0.29) is 24.1 Å². The zero-order chi connectivity index (χ0) is 23.9. The average Bonchev–Trinajstić information content (AvgIpc) is 2.81. The number of hydrogen-bond acceptors (Lipinski definition) is 6. The minimum Gasteiger partial charge on any atom is -0.465 e. The lowest BCUT2D eigenvalue weighted by atomic mass is 9.86. The highest BCUT2D eigenvalue weighted by Gasteiger charge is 2.32. The van der Waals surface area contributed by atoms with E-state index < -0.39 is 5.95 Å². The van der Waals surface area contributed by atoms with Crippen LogP contribution in [0.4, 0.5) is 10.1 Å². The van der Waals surface area contributed by atoms with Crippen LogP contribution >= 0.6 is 0 Å². The molecule has 0 amide bonds. The average molecular weight is 463 g/mol. The van der Waals surface area contributed by atoms with Crippen LogP contribution in [0.5, 0.6) is 11.5 Å². The van der Waals surface area contributed by atoms with Crippen molar-refractivity contribution in [3.05, 3.63) is 71.8 Å². The SMILES string of the molecule is CC1(C)CN(c2ccc3c(c2)[C@H](COC(=N)N)c2cc(-c4cccnc4F)ccc2O3)CCO1. The Balaban J connectivity index is 1.56.